The topological polar surface area (TPSA) is 105 Å². The van der Waals surface area contributed by atoms with Crippen molar-refractivity contribution in [3.8, 4) is 0 Å². The zero-order valence-electron chi connectivity index (χ0n) is 9.12. The number of aromatic nitrogens is 2. The Morgan fingerprint density at radius 1 is 1.56 bits per heavy atom. The molecule has 1 aliphatic heterocycles. The van der Waals surface area contributed by atoms with E-state index in [2.05, 4.69) is 0 Å². The maximum atomic E-state index is 12.7. The van der Waals surface area contributed by atoms with E-state index in [0.717, 1.165) is 16.8 Å². The molecular weight excluding hydrogens is 247 g/mol. The second-order valence-electron chi connectivity index (χ2n) is 3.78. The molecule has 0 aromatic carbocycles. The Labute approximate surface area is 99.8 Å². The van der Waals surface area contributed by atoms with Gasteiger partial charge in [-0.05, 0) is 0 Å². The van der Waals surface area contributed by atoms with Gasteiger partial charge in [0.05, 0.1) is 12.9 Å². The highest BCUT2D eigenvalue weighted by Crippen LogP contribution is 2.33. The van der Waals surface area contributed by atoms with Crippen molar-refractivity contribution in [3.05, 3.63) is 45.0 Å². The molecule has 1 aliphatic rings. The Hall–Kier alpha value is -1.77. The highest BCUT2D eigenvalue weighted by Gasteiger charge is 2.40. The van der Waals surface area contributed by atoms with Crippen LogP contribution in [0.2, 0.25) is 0 Å². The number of rotatable bonds is 2. The van der Waals surface area contributed by atoms with Crippen molar-refractivity contribution in [1.82, 2.24) is 9.55 Å². The SMILES string of the molecule is O=c1ccn([C@H]2O[C@@H](CO)C(O)C2=CF)c(=O)[nH]1. The van der Waals surface area contributed by atoms with E-state index >= 15 is 0 Å². The lowest BCUT2D eigenvalue weighted by molar-refractivity contribution is -0.0448. The molecule has 18 heavy (non-hydrogen) atoms. The number of hydrogen-bond acceptors (Lipinski definition) is 5. The van der Waals surface area contributed by atoms with E-state index in [4.69, 9.17) is 9.84 Å². The normalized spacial score (nSPS) is 29.9. The average molecular weight is 258 g/mol. The first-order valence-electron chi connectivity index (χ1n) is 5.14. The summed E-state index contributed by atoms with van der Waals surface area (Å²) in [7, 11) is 0. The fourth-order valence-electron chi connectivity index (χ4n) is 1.78. The van der Waals surface area contributed by atoms with Crippen LogP contribution in [-0.4, -0.2) is 38.6 Å². The maximum Gasteiger partial charge on any atom is 0.330 e. The van der Waals surface area contributed by atoms with Crippen LogP contribution in [0.15, 0.2) is 33.8 Å². The summed E-state index contributed by atoms with van der Waals surface area (Å²) in [6.45, 7) is -0.521. The zero-order valence-corrected chi connectivity index (χ0v) is 9.12. The quantitative estimate of drug-likeness (QED) is 0.607. The smallest absolute Gasteiger partial charge is 0.330 e. The van der Waals surface area contributed by atoms with Gasteiger partial charge in [-0.3, -0.25) is 14.3 Å². The Morgan fingerprint density at radius 2 is 2.28 bits per heavy atom. The van der Waals surface area contributed by atoms with Gasteiger partial charge >= 0.3 is 5.69 Å². The molecule has 0 bridgehead atoms. The number of aliphatic hydroxyl groups is 2. The summed E-state index contributed by atoms with van der Waals surface area (Å²) >= 11 is 0. The van der Waals surface area contributed by atoms with Crippen molar-refractivity contribution in [2.24, 2.45) is 0 Å². The largest absolute Gasteiger partial charge is 0.394 e. The number of nitrogens with one attached hydrogen (secondary N) is 1. The van der Waals surface area contributed by atoms with Gasteiger partial charge in [0, 0.05) is 17.8 Å². The number of nitrogens with zero attached hydrogens (tertiary/aromatic N) is 1. The fourth-order valence-corrected chi connectivity index (χ4v) is 1.78. The lowest BCUT2D eigenvalue weighted by Crippen LogP contribution is -2.32. The van der Waals surface area contributed by atoms with Crippen molar-refractivity contribution in [1.29, 1.82) is 0 Å². The highest BCUT2D eigenvalue weighted by atomic mass is 19.1. The molecule has 2 rings (SSSR count). The van der Waals surface area contributed by atoms with Crippen LogP contribution in [0.25, 0.3) is 0 Å². The number of H-pyrrole nitrogens is 1. The van der Waals surface area contributed by atoms with Gasteiger partial charge in [-0.15, -0.1) is 0 Å². The molecule has 98 valence electrons. The van der Waals surface area contributed by atoms with Crippen molar-refractivity contribution in [2.45, 2.75) is 18.4 Å². The highest BCUT2D eigenvalue weighted by molar-refractivity contribution is 5.16. The summed E-state index contributed by atoms with van der Waals surface area (Å²) in [5.41, 5.74) is -1.58. The van der Waals surface area contributed by atoms with Gasteiger partial charge in [0.25, 0.3) is 5.56 Å². The summed E-state index contributed by atoms with van der Waals surface area (Å²) in [6, 6.07) is 1.07. The molecule has 0 amide bonds. The van der Waals surface area contributed by atoms with Crippen molar-refractivity contribution in [2.75, 3.05) is 6.61 Å². The molecule has 1 fully saturated rings. The van der Waals surface area contributed by atoms with Crippen molar-refractivity contribution in [3.63, 3.8) is 0 Å². The third kappa shape index (κ3) is 2.01. The fraction of sp³-hybridized carbons (Fsp3) is 0.400. The van der Waals surface area contributed by atoms with Gasteiger partial charge in [-0.2, -0.15) is 0 Å². The van der Waals surface area contributed by atoms with E-state index in [-0.39, 0.29) is 11.9 Å². The molecule has 2 heterocycles. The van der Waals surface area contributed by atoms with Gasteiger partial charge in [-0.25, -0.2) is 9.18 Å². The van der Waals surface area contributed by atoms with Gasteiger partial charge in [0.1, 0.15) is 12.2 Å². The van der Waals surface area contributed by atoms with Crippen LogP contribution in [0.3, 0.4) is 0 Å². The number of aliphatic hydroxyl groups excluding tert-OH is 2. The van der Waals surface area contributed by atoms with E-state index in [1.165, 1.54) is 0 Å². The Balaban J connectivity index is 2.45. The molecule has 1 unspecified atom stereocenters. The number of ether oxygens (including phenoxy) is 1. The molecule has 3 atom stereocenters. The lowest BCUT2D eigenvalue weighted by atomic mass is 10.1. The minimum Gasteiger partial charge on any atom is -0.394 e. The van der Waals surface area contributed by atoms with E-state index in [9.17, 15) is 19.1 Å². The third-order valence-corrected chi connectivity index (χ3v) is 2.69. The van der Waals surface area contributed by atoms with Crippen LogP contribution in [0.5, 0.6) is 0 Å². The van der Waals surface area contributed by atoms with Gasteiger partial charge in [0.2, 0.25) is 0 Å². The minimum absolute atomic E-state index is 0.128. The van der Waals surface area contributed by atoms with Gasteiger partial charge in [0.15, 0.2) is 6.23 Å². The Bertz CT molecular complexity index is 578. The molecule has 7 nitrogen and oxygen atoms in total. The predicted octanol–water partition coefficient (Wildman–Crippen LogP) is -1.36. The Morgan fingerprint density at radius 3 is 2.83 bits per heavy atom. The number of aromatic amines is 1. The van der Waals surface area contributed by atoms with Gasteiger partial charge in [-0.1, -0.05) is 0 Å². The average Bonchev–Trinajstić information content (AvgIpc) is 2.65. The first kappa shape index (κ1) is 12.7. The van der Waals surface area contributed by atoms with Crippen LogP contribution in [0.4, 0.5) is 4.39 Å². The van der Waals surface area contributed by atoms with E-state index in [1.807, 2.05) is 4.98 Å². The predicted molar refractivity (Wildman–Crippen MR) is 57.5 cm³/mol. The molecule has 0 radical (unpaired) electrons. The molecule has 0 saturated carbocycles. The van der Waals surface area contributed by atoms with E-state index < -0.39 is 36.3 Å². The Kier molecular flexibility index (Phi) is 3.41. The number of halogens is 1. The van der Waals surface area contributed by atoms with Crippen LogP contribution in [0.1, 0.15) is 6.23 Å². The molecule has 1 aromatic rings. The van der Waals surface area contributed by atoms with Crippen LogP contribution in [-0.2, 0) is 4.74 Å². The van der Waals surface area contributed by atoms with Crippen molar-refractivity contribution >= 4 is 0 Å². The lowest BCUT2D eigenvalue weighted by Gasteiger charge is -2.14. The standard InChI is InChI=1S/C10H11FN2O5/c11-3-5-8(16)6(4-14)18-9(5)13-2-1-7(15)12-10(13)17/h1-3,6,8-9,14,16H,4H2,(H,12,15,17)/t6-,8?,9-/m0/s1. The second-order valence-corrected chi connectivity index (χ2v) is 3.78. The molecule has 3 N–H and O–H groups in total. The molecule has 8 heteroatoms. The summed E-state index contributed by atoms with van der Waals surface area (Å²) in [4.78, 5) is 24.4. The first-order valence-corrected chi connectivity index (χ1v) is 5.14. The molecule has 0 spiro atoms. The molecule has 1 saturated heterocycles. The molecule has 0 aliphatic carbocycles. The second kappa shape index (κ2) is 4.84. The van der Waals surface area contributed by atoms with E-state index in [1.54, 1.807) is 0 Å². The summed E-state index contributed by atoms with van der Waals surface area (Å²) < 4.78 is 18.8. The zero-order chi connectivity index (χ0) is 13.3. The van der Waals surface area contributed by atoms with Crippen LogP contribution in [0, 0.1) is 0 Å². The minimum atomic E-state index is -1.34. The number of hydrogen-bond donors (Lipinski definition) is 3. The van der Waals surface area contributed by atoms with Crippen molar-refractivity contribution < 1.29 is 19.3 Å². The summed E-state index contributed by atoms with van der Waals surface area (Å²) in [6.07, 6.45) is -2.30. The van der Waals surface area contributed by atoms with Crippen LogP contribution < -0.4 is 11.2 Å². The summed E-state index contributed by atoms with van der Waals surface area (Å²) in [5, 5.41) is 18.6. The summed E-state index contributed by atoms with van der Waals surface area (Å²) in [5.74, 6) is 0. The van der Waals surface area contributed by atoms with Crippen LogP contribution >= 0.6 is 0 Å². The molecule has 1 aromatic heterocycles. The third-order valence-electron chi connectivity index (χ3n) is 2.69. The monoisotopic (exact) mass is 258 g/mol. The first-order chi connectivity index (χ1) is 8.58. The molecular formula is C10H11FN2O5. The van der Waals surface area contributed by atoms with Gasteiger partial charge < -0.3 is 14.9 Å². The van der Waals surface area contributed by atoms with E-state index in [0.29, 0.717) is 0 Å². The maximum absolute atomic E-state index is 12.7.